The average Bonchev–Trinajstić information content (AvgIpc) is 2.88. The van der Waals surface area contributed by atoms with Crippen molar-refractivity contribution in [2.45, 2.75) is 26.4 Å². The molecule has 0 saturated heterocycles. The maximum atomic E-state index is 13.6. The van der Waals surface area contributed by atoms with Crippen LogP contribution in [0.15, 0.2) is 94.8 Å². The highest BCUT2D eigenvalue weighted by molar-refractivity contribution is 5.90. The summed E-state index contributed by atoms with van der Waals surface area (Å²) in [5.41, 5.74) is 2.19. The number of rotatable bonds is 8. The minimum atomic E-state index is -0.665. The van der Waals surface area contributed by atoms with Gasteiger partial charge in [-0.15, -0.1) is 0 Å². The number of para-hydroxylation sites is 1. The Morgan fingerprint density at radius 2 is 1.69 bits per heavy atom. The zero-order chi connectivity index (χ0) is 24.8. The number of fused-ring (bicyclic) bond motifs is 1. The normalized spacial score (nSPS) is 12.2. The highest BCUT2D eigenvalue weighted by Gasteiger charge is 2.33. The summed E-state index contributed by atoms with van der Waals surface area (Å²) in [6.07, 6.45) is 3.21. The van der Waals surface area contributed by atoms with Gasteiger partial charge in [0.15, 0.2) is 0 Å². The maximum absolute atomic E-state index is 13.6. The molecule has 0 aliphatic rings. The molecule has 7 heteroatoms. The predicted octanol–water partition coefficient (Wildman–Crippen LogP) is 4.65. The molecule has 0 aliphatic heterocycles. The number of methoxy groups -OCH3 is 1. The summed E-state index contributed by atoms with van der Waals surface area (Å²) in [5, 5.41) is 0. The summed E-state index contributed by atoms with van der Waals surface area (Å²) < 4.78 is 6.66. The Kier molecular flexibility index (Phi) is 7.35. The smallest absolute Gasteiger partial charge is 0.328 e. The third-order valence-electron chi connectivity index (χ3n) is 5.73. The Morgan fingerprint density at radius 1 is 1.03 bits per heavy atom. The number of hydrogen-bond acceptors (Lipinski definition) is 6. The van der Waals surface area contributed by atoms with Crippen LogP contribution in [0.25, 0.3) is 5.65 Å². The first-order valence-electron chi connectivity index (χ1n) is 11.5. The van der Waals surface area contributed by atoms with Crippen molar-refractivity contribution in [3.05, 3.63) is 107 Å². The molecule has 4 rings (SSSR count). The van der Waals surface area contributed by atoms with E-state index >= 15 is 0 Å². The molecule has 1 atom stereocenters. The number of ether oxygens (including phenoxy) is 1. The Bertz CT molecular complexity index is 1380. The van der Waals surface area contributed by atoms with E-state index in [1.165, 1.54) is 17.7 Å². The number of nitrogens with zero attached hydrogens (tertiary/aromatic N) is 4. The second-order valence-electron chi connectivity index (χ2n) is 8.50. The van der Waals surface area contributed by atoms with Gasteiger partial charge < -0.3 is 9.64 Å². The minimum Gasteiger partial charge on any atom is -0.467 e. The van der Waals surface area contributed by atoms with Gasteiger partial charge in [0.1, 0.15) is 23.1 Å². The quantitative estimate of drug-likeness (QED) is 0.278. The third-order valence-corrected chi connectivity index (χ3v) is 5.73. The van der Waals surface area contributed by atoms with E-state index in [0.29, 0.717) is 29.3 Å². The molecule has 0 spiro atoms. The van der Waals surface area contributed by atoms with Crippen LogP contribution in [0.5, 0.6) is 0 Å². The zero-order valence-electron chi connectivity index (χ0n) is 20.0. The molecule has 0 radical (unpaired) electrons. The Hall–Kier alpha value is -4.26. The summed E-state index contributed by atoms with van der Waals surface area (Å²) >= 11 is 0. The SMILES string of the molecule is COC(=O)[C@H](C(C)C)N(Cc1ccccc1)c1nc2ccccn2c(=O)c1C=Nc1ccccc1. The molecule has 35 heavy (non-hydrogen) atoms. The van der Waals surface area contributed by atoms with Crippen LogP contribution in [0, 0.1) is 5.92 Å². The van der Waals surface area contributed by atoms with Gasteiger partial charge in [-0.1, -0.05) is 68.4 Å². The number of carbonyl (C=O) groups is 1. The van der Waals surface area contributed by atoms with Gasteiger partial charge in [-0.3, -0.25) is 14.2 Å². The first-order valence-corrected chi connectivity index (χ1v) is 11.5. The molecule has 0 saturated carbocycles. The van der Waals surface area contributed by atoms with Gasteiger partial charge in [0, 0.05) is 19.0 Å². The molecule has 0 bridgehead atoms. The Labute approximate surface area is 204 Å². The molecule has 0 N–H and O–H groups in total. The highest BCUT2D eigenvalue weighted by atomic mass is 16.5. The predicted molar refractivity (Wildman–Crippen MR) is 138 cm³/mol. The van der Waals surface area contributed by atoms with E-state index < -0.39 is 12.0 Å². The molecule has 7 nitrogen and oxygen atoms in total. The standard InChI is InChI=1S/C28H28N4O3/c1-20(2)25(28(34)35-3)32(19-21-12-6-4-7-13-21)26-23(18-29-22-14-8-5-9-15-22)27(33)31-17-11-10-16-24(31)30-26/h4-18,20,25H,19H2,1-3H3/t25-/m0/s1. The molecule has 4 aromatic rings. The van der Waals surface area contributed by atoms with E-state index in [9.17, 15) is 9.59 Å². The first-order chi connectivity index (χ1) is 17.0. The average molecular weight is 469 g/mol. The molecule has 0 fully saturated rings. The molecule has 0 amide bonds. The van der Waals surface area contributed by atoms with E-state index in [1.807, 2.05) is 85.5 Å². The van der Waals surface area contributed by atoms with E-state index in [1.54, 1.807) is 18.3 Å². The summed E-state index contributed by atoms with van der Waals surface area (Å²) in [4.78, 5) is 37.9. The number of pyridine rings is 1. The fourth-order valence-corrected chi connectivity index (χ4v) is 4.04. The van der Waals surface area contributed by atoms with E-state index in [0.717, 1.165) is 5.56 Å². The fraction of sp³-hybridized carbons (Fsp3) is 0.214. The van der Waals surface area contributed by atoms with Crippen molar-refractivity contribution in [3.8, 4) is 0 Å². The van der Waals surface area contributed by atoms with Gasteiger partial charge in [0.2, 0.25) is 0 Å². The second-order valence-corrected chi connectivity index (χ2v) is 8.50. The second kappa shape index (κ2) is 10.8. The van der Waals surface area contributed by atoms with Crippen molar-refractivity contribution < 1.29 is 9.53 Å². The van der Waals surface area contributed by atoms with Crippen LogP contribution in [0.3, 0.4) is 0 Å². The van der Waals surface area contributed by atoms with Gasteiger partial charge in [-0.05, 0) is 35.7 Å². The topological polar surface area (TPSA) is 76.3 Å². The van der Waals surface area contributed by atoms with Crippen LogP contribution in [0.1, 0.15) is 25.0 Å². The first kappa shape index (κ1) is 23.9. The van der Waals surface area contributed by atoms with Crippen LogP contribution in [0.2, 0.25) is 0 Å². The van der Waals surface area contributed by atoms with Crippen LogP contribution in [-0.4, -0.2) is 34.7 Å². The number of aliphatic imine (C=N–C) groups is 1. The summed E-state index contributed by atoms with van der Waals surface area (Å²) in [7, 11) is 1.37. The van der Waals surface area contributed by atoms with Crippen molar-refractivity contribution in [2.24, 2.45) is 10.9 Å². The van der Waals surface area contributed by atoms with Crippen molar-refractivity contribution in [3.63, 3.8) is 0 Å². The van der Waals surface area contributed by atoms with Crippen LogP contribution in [-0.2, 0) is 16.1 Å². The largest absolute Gasteiger partial charge is 0.467 e. The lowest BCUT2D eigenvalue weighted by molar-refractivity contribution is -0.143. The summed E-state index contributed by atoms with van der Waals surface area (Å²) in [5.74, 6) is -0.119. The molecule has 0 aliphatic carbocycles. The lowest BCUT2D eigenvalue weighted by Crippen LogP contribution is -2.47. The van der Waals surface area contributed by atoms with Crippen LogP contribution in [0.4, 0.5) is 11.5 Å². The van der Waals surface area contributed by atoms with E-state index in [4.69, 9.17) is 9.72 Å². The Balaban J connectivity index is 1.96. The molecular formula is C28H28N4O3. The highest BCUT2D eigenvalue weighted by Crippen LogP contribution is 2.26. The monoisotopic (exact) mass is 468 g/mol. The number of hydrogen-bond donors (Lipinski definition) is 0. The van der Waals surface area contributed by atoms with Gasteiger partial charge in [-0.25, -0.2) is 9.78 Å². The van der Waals surface area contributed by atoms with Crippen molar-refractivity contribution in [1.82, 2.24) is 9.38 Å². The van der Waals surface area contributed by atoms with Crippen molar-refractivity contribution in [1.29, 1.82) is 0 Å². The van der Waals surface area contributed by atoms with E-state index in [-0.39, 0.29) is 11.5 Å². The lowest BCUT2D eigenvalue weighted by Gasteiger charge is -2.34. The van der Waals surface area contributed by atoms with Gasteiger partial charge in [-0.2, -0.15) is 0 Å². The Morgan fingerprint density at radius 3 is 2.34 bits per heavy atom. The number of anilines is 1. The third kappa shape index (κ3) is 5.30. The molecule has 2 aromatic carbocycles. The van der Waals surface area contributed by atoms with Crippen LogP contribution >= 0.6 is 0 Å². The molecule has 2 aromatic heterocycles. The molecule has 0 unspecified atom stereocenters. The van der Waals surface area contributed by atoms with Crippen molar-refractivity contribution in [2.75, 3.05) is 12.0 Å². The maximum Gasteiger partial charge on any atom is 0.328 e. The fourth-order valence-electron chi connectivity index (χ4n) is 4.04. The van der Waals surface area contributed by atoms with E-state index in [2.05, 4.69) is 4.99 Å². The number of benzene rings is 2. The minimum absolute atomic E-state index is 0.110. The number of aromatic nitrogens is 2. The zero-order valence-corrected chi connectivity index (χ0v) is 20.0. The number of esters is 1. The van der Waals surface area contributed by atoms with Crippen LogP contribution < -0.4 is 10.5 Å². The summed E-state index contributed by atoms with van der Waals surface area (Å²) in [6, 6.07) is 23.9. The van der Waals surface area contributed by atoms with Gasteiger partial charge in [0.25, 0.3) is 5.56 Å². The number of carbonyl (C=O) groups excluding carboxylic acids is 1. The van der Waals surface area contributed by atoms with Gasteiger partial charge >= 0.3 is 5.97 Å². The molecule has 2 heterocycles. The van der Waals surface area contributed by atoms with Gasteiger partial charge in [0.05, 0.1) is 12.8 Å². The summed E-state index contributed by atoms with van der Waals surface area (Å²) in [6.45, 7) is 4.26. The lowest BCUT2D eigenvalue weighted by atomic mass is 10.0. The molecule has 178 valence electrons. The molecular weight excluding hydrogens is 440 g/mol. The van der Waals surface area contributed by atoms with Crippen molar-refractivity contribution >= 4 is 29.3 Å².